The summed E-state index contributed by atoms with van der Waals surface area (Å²) in [4.78, 5) is 8.87. The molecule has 5 nitrogen and oxygen atoms in total. The van der Waals surface area contributed by atoms with Crippen molar-refractivity contribution in [2.24, 2.45) is 0 Å². The van der Waals surface area contributed by atoms with E-state index in [4.69, 9.17) is 11.6 Å². The summed E-state index contributed by atoms with van der Waals surface area (Å²) in [7, 11) is 0. The molecule has 0 saturated carbocycles. The molecule has 0 atom stereocenters. The van der Waals surface area contributed by atoms with Crippen molar-refractivity contribution >= 4 is 38.7 Å². The fourth-order valence-corrected chi connectivity index (χ4v) is 2.40. The van der Waals surface area contributed by atoms with Crippen LogP contribution in [-0.2, 0) is 12.4 Å². The number of pyridine rings is 1. The maximum Gasteiger partial charge on any atom is 0.160 e. The van der Waals surface area contributed by atoms with Crippen LogP contribution in [-0.4, -0.2) is 24.7 Å². The van der Waals surface area contributed by atoms with Crippen molar-refractivity contribution in [3.05, 3.63) is 46.6 Å². The van der Waals surface area contributed by atoms with Gasteiger partial charge < -0.3 is 4.57 Å². The van der Waals surface area contributed by atoms with Gasteiger partial charge in [-0.05, 0) is 34.1 Å². The molecule has 7 heteroatoms. The summed E-state index contributed by atoms with van der Waals surface area (Å²) in [6.07, 6.45) is 3.39. The Hall–Kier alpha value is -1.53. The van der Waals surface area contributed by atoms with Gasteiger partial charge in [-0.2, -0.15) is 10.2 Å². The zero-order valence-corrected chi connectivity index (χ0v) is 12.1. The standard InChI is InChI=1S/C12H9BrClN5/c13-8-4-10-12(15-6-8)19(11(5-14)17-10)7-9-2-1-3-16-18-9/h1-4,6H,5,7H2. The van der Waals surface area contributed by atoms with Crippen molar-refractivity contribution in [3.63, 3.8) is 0 Å². The first-order valence-corrected chi connectivity index (χ1v) is 6.94. The minimum Gasteiger partial charge on any atom is -0.306 e. The Labute approximate surface area is 122 Å². The molecule has 0 unspecified atom stereocenters. The molecule has 0 saturated heterocycles. The highest BCUT2D eigenvalue weighted by Crippen LogP contribution is 2.20. The van der Waals surface area contributed by atoms with Gasteiger partial charge in [0.1, 0.15) is 11.3 Å². The second kappa shape index (κ2) is 5.22. The summed E-state index contributed by atoms with van der Waals surface area (Å²) in [5.41, 5.74) is 2.45. The number of alkyl halides is 1. The predicted molar refractivity (Wildman–Crippen MR) is 75.9 cm³/mol. The van der Waals surface area contributed by atoms with E-state index < -0.39 is 0 Å². The molecule has 3 aromatic rings. The molecule has 0 aliphatic carbocycles. The van der Waals surface area contributed by atoms with E-state index in [9.17, 15) is 0 Å². The van der Waals surface area contributed by atoms with E-state index in [0.717, 1.165) is 27.2 Å². The monoisotopic (exact) mass is 337 g/mol. The van der Waals surface area contributed by atoms with Crippen LogP contribution in [0, 0.1) is 0 Å². The molecule has 0 fully saturated rings. The van der Waals surface area contributed by atoms with Crippen molar-refractivity contribution in [1.82, 2.24) is 24.7 Å². The average Bonchev–Trinajstić information content (AvgIpc) is 2.77. The van der Waals surface area contributed by atoms with Crippen molar-refractivity contribution in [3.8, 4) is 0 Å². The topological polar surface area (TPSA) is 56.5 Å². The third kappa shape index (κ3) is 2.46. The highest BCUT2D eigenvalue weighted by molar-refractivity contribution is 9.10. The maximum atomic E-state index is 5.95. The lowest BCUT2D eigenvalue weighted by Gasteiger charge is -2.05. The molecule has 0 radical (unpaired) electrons. The van der Waals surface area contributed by atoms with Crippen molar-refractivity contribution in [2.45, 2.75) is 12.4 Å². The van der Waals surface area contributed by atoms with Crippen LogP contribution in [0.25, 0.3) is 11.2 Å². The minimum atomic E-state index is 0.328. The summed E-state index contributed by atoms with van der Waals surface area (Å²) in [6, 6.07) is 5.69. The van der Waals surface area contributed by atoms with Gasteiger partial charge in [0.05, 0.1) is 18.1 Å². The zero-order valence-electron chi connectivity index (χ0n) is 9.79. The number of fused-ring (bicyclic) bond motifs is 1. The quantitative estimate of drug-likeness (QED) is 0.689. The average molecular weight is 339 g/mol. The predicted octanol–water partition coefficient (Wildman–Crippen LogP) is 2.77. The highest BCUT2D eigenvalue weighted by Gasteiger charge is 2.12. The Bertz CT molecular complexity index is 713. The fourth-order valence-electron chi connectivity index (χ4n) is 1.88. The number of imidazole rings is 1. The van der Waals surface area contributed by atoms with E-state index in [2.05, 4.69) is 36.1 Å². The van der Waals surface area contributed by atoms with Crippen molar-refractivity contribution in [2.75, 3.05) is 0 Å². The van der Waals surface area contributed by atoms with Crippen LogP contribution in [0.15, 0.2) is 35.1 Å². The van der Waals surface area contributed by atoms with E-state index in [1.807, 2.05) is 22.8 Å². The van der Waals surface area contributed by atoms with E-state index in [1.165, 1.54) is 0 Å². The first-order valence-electron chi connectivity index (χ1n) is 5.61. The Morgan fingerprint density at radius 2 is 2.26 bits per heavy atom. The normalized spacial score (nSPS) is 11.1. The lowest BCUT2D eigenvalue weighted by Crippen LogP contribution is -2.06. The van der Waals surface area contributed by atoms with Gasteiger partial charge in [0, 0.05) is 16.9 Å². The summed E-state index contributed by atoms with van der Waals surface area (Å²) >= 11 is 9.34. The Balaban J connectivity index is 2.11. The Morgan fingerprint density at radius 1 is 1.37 bits per heavy atom. The van der Waals surface area contributed by atoms with Crippen molar-refractivity contribution < 1.29 is 0 Å². The van der Waals surface area contributed by atoms with Gasteiger partial charge in [0.2, 0.25) is 0 Å². The van der Waals surface area contributed by atoms with Crippen LogP contribution in [0.3, 0.4) is 0 Å². The minimum absolute atomic E-state index is 0.328. The number of rotatable bonds is 3. The van der Waals surface area contributed by atoms with Gasteiger partial charge in [0.15, 0.2) is 5.65 Å². The van der Waals surface area contributed by atoms with Gasteiger partial charge in [-0.3, -0.25) is 0 Å². The molecule has 0 bridgehead atoms. The maximum absolute atomic E-state index is 5.95. The molecule has 96 valence electrons. The van der Waals surface area contributed by atoms with Crippen LogP contribution in [0.5, 0.6) is 0 Å². The number of nitrogens with zero attached hydrogens (tertiary/aromatic N) is 5. The smallest absolute Gasteiger partial charge is 0.160 e. The van der Waals surface area contributed by atoms with Crippen LogP contribution < -0.4 is 0 Å². The molecule has 0 aromatic carbocycles. The lowest BCUT2D eigenvalue weighted by atomic mass is 10.4. The summed E-state index contributed by atoms with van der Waals surface area (Å²) in [5, 5.41) is 7.94. The summed E-state index contributed by atoms with van der Waals surface area (Å²) < 4.78 is 2.85. The van der Waals surface area contributed by atoms with Gasteiger partial charge in [-0.25, -0.2) is 9.97 Å². The molecule has 3 heterocycles. The molecule has 0 aliphatic rings. The third-order valence-electron chi connectivity index (χ3n) is 2.70. The molecular formula is C12H9BrClN5. The van der Waals surface area contributed by atoms with Crippen LogP contribution in [0.4, 0.5) is 0 Å². The van der Waals surface area contributed by atoms with Gasteiger partial charge in [-0.1, -0.05) is 0 Å². The number of hydrogen-bond donors (Lipinski definition) is 0. The van der Waals surface area contributed by atoms with E-state index in [1.54, 1.807) is 12.4 Å². The van der Waals surface area contributed by atoms with Crippen molar-refractivity contribution in [1.29, 1.82) is 0 Å². The molecule has 0 aliphatic heterocycles. The molecule has 0 spiro atoms. The Kier molecular flexibility index (Phi) is 3.44. The SMILES string of the molecule is ClCc1nc2cc(Br)cnc2n1Cc1cccnn1. The highest BCUT2D eigenvalue weighted by atomic mass is 79.9. The number of hydrogen-bond acceptors (Lipinski definition) is 4. The Morgan fingerprint density at radius 3 is 3.00 bits per heavy atom. The van der Waals surface area contributed by atoms with Gasteiger partial charge in [0.25, 0.3) is 0 Å². The summed E-state index contributed by atoms with van der Waals surface area (Å²) in [6.45, 7) is 0.557. The summed E-state index contributed by atoms with van der Waals surface area (Å²) in [5.74, 6) is 1.10. The lowest BCUT2D eigenvalue weighted by molar-refractivity contribution is 0.734. The van der Waals surface area contributed by atoms with E-state index in [0.29, 0.717) is 12.4 Å². The molecule has 3 aromatic heterocycles. The number of halogens is 2. The van der Waals surface area contributed by atoms with E-state index >= 15 is 0 Å². The van der Waals surface area contributed by atoms with Gasteiger partial charge >= 0.3 is 0 Å². The third-order valence-corrected chi connectivity index (χ3v) is 3.37. The largest absolute Gasteiger partial charge is 0.306 e. The molecule has 0 N–H and O–H groups in total. The molecule has 19 heavy (non-hydrogen) atoms. The second-order valence-electron chi connectivity index (χ2n) is 3.96. The molecule has 0 amide bonds. The first-order chi connectivity index (χ1) is 9.28. The van der Waals surface area contributed by atoms with Crippen LogP contribution in [0.1, 0.15) is 11.5 Å². The first kappa shape index (κ1) is 12.5. The zero-order chi connectivity index (χ0) is 13.2. The number of aromatic nitrogens is 5. The molecule has 3 rings (SSSR count). The van der Waals surface area contributed by atoms with E-state index in [-0.39, 0.29) is 0 Å². The second-order valence-corrected chi connectivity index (χ2v) is 5.14. The van der Waals surface area contributed by atoms with Crippen LogP contribution >= 0.6 is 27.5 Å². The van der Waals surface area contributed by atoms with Crippen LogP contribution in [0.2, 0.25) is 0 Å². The van der Waals surface area contributed by atoms with Gasteiger partial charge in [-0.15, -0.1) is 11.6 Å². The fraction of sp³-hybridized carbons (Fsp3) is 0.167. The molecular weight excluding hydrogens is 330 g/mol.